The van der Waals surface area contributed by atoms with Crippen LogP contribution in [0.1, 0.15) is 28.5 Å². The van der Waals surface area contributed by atoms with E-state index < -0.39 is 12.1 Å². The van der Waals surface area contributed by atoms with Gasteiger partial charge in [-0.25, -0.2) is 4.79 Å². The molecule has 30 heavy (non-hydrogen) atoms. The number of hydrogen-bond donors (Lipinski definition) is 1. The minimum atomic E-state index is -0.814. The Labute approximate surface area is 176 Å². The Morgan fingerprint density at radius 2 is 1.70 bits per heavy atom. The van der Waals surface area contributed by atoms with Crippen molar-refractivity contribution in [3.8, 4) is 0 Å². The van der Waals surface area contributed by atoms with Crippen LogP contribution in [0.25, 0.3) is 10.9 Å². The van der Waals surface area contributed by atoms with Gasteiger partial charge in [-0.1, -0.05) is 18.2 Å². The molecule has 1 aliphatic rings. The van der Waals surface area contributed by atoms with Crippen LogP contribution in [0.2, 0.25) is 0 Å². The highest BCUT2D eigenvalue weighted by Crippen LogP contribution is 2.23. The number of para-hydroxylation sites is 1. The van der Waals surface area contributed by atoms with Gasteiger partial charge in [0.1, 0.15) is 0 Å². The molecule has 1 N–H and O–H groups in total. The topological polar surface area (TPSA) is 65.6 Å². The highest BCUT2D eigenvalue weighted by Gasteiger charge is 2.27. The zero-order valence-electron chi connectivity index (χ0n) is 17.6. The molecule has 0 bridgehead atoms. The van der Waals surface area contributed by atoms with Gasteiger partial charge < -0.3 is 19.5 Å². The number of H-pyrrole nitrogens is 1. The first-order chi connectivity index (χ1) is 14.4. The molecule has 1 amide bonds. The van der Waals surface area contributed by atoms with Crippen LogP contribution in [0, 0.1) is 13.8 Å². The van der Waals surface area contributed by atoms with Crippen LogP contribution in [0.4, 0.5) is 5.69 Å². The molecule has 3 aromatic rings. The van der Waals surface area contributed by atoms with Gasteiger partial charge in [0.25, 0.3) is 5.91 Å². The predicted molar refractivity (Wildman–Crippen MR) is 118 cm³/mol. The van der Waals surface area contributed by atoms with E-state index in [1.165, 1.54) is 0 Å². The SMILES string of the molecule is Cc1[nH]c2ccc(C(=O)OC(C)C(=O)N3CCN(c4ccccc4)CC3)cc2c1C. The van der Waals surface area contributed by atoms with E-state index in [1.807, 2.05) is 44.2 Å². The summed E-state index contributed by atoms with van der Waals surface area (Å²) < 4.78 is 5.50. The van der Waals surface area contributed by atoms with Gasteiger partial charge in [0.15, 0.2) is 6.10 Å². The molecular formula is C24H27N3O3. The number of hydrogen-bond acceptors (Lipinski definition) is 4. The molecular weight excluding hydrogens is 378 g/mol. The van der Waals surface area contributed by atoms with Gasteiger partial charge in [0, 0.05) is 48.5 Å². The molecule has 0 aliphatic carbocycles. The average molecular weight is 405 g/mol. The maximum absolute atomic E-state index is 12.8. The Morgan fingerprint density at radius 3 is 2.40 bits per heavy atom. The molecule has 1 aliphatic heterocycles. The number of nitrogens with one attached hydrogen (secondary N) is 1. The molecule has 0 radical (unpaired) electrons. The summed E-state index contributed by atoms with van der Waals surface area (Å²) in [6.45, 7) is 8.43. The van der Waals surface area contributed by atoms with Crippen molar-refractivity contribution in [2.24, 2.45) is 0 Å². The van der Waals surface area contributed by atoms with E-state index in [4.69, 9.17) is 4.74 Å². The molecule has 1 fully saturated rings. The summed E-state index contributed by atoms with van der Waals surface area (Å²) in [6, 6.07) is 15.6. The number of ether oxygens (including phenoxy) is 1. The quantitative estimate of drug-likeness (QED) is 0.673. The number of aromatic nitrogens is 1. The number of carbonyl (C=O) groups is 2. The maximum Gasteiger partial charge on any atom is 0.338 e. The number of aryl methyl sites for hydroxylation is 2. The number of anilines is 1. The second-order valence-corrected chi connectivity index (χ2v) is 7.83. The summed E-state index contributed by atoms with van der Waals surface area (Å²) >= 11 is 0. The van der Waals surface area contributed by atoms with Gasteiger partial charge in [-0.05, 0) is 56.7 Å². The zero-order chi connectivity index (χ0) is 21.3. The molecule has 0 spiro atoms. The second-order valence-electron chi connectivity index (χ2n) is 7.83. The third kappa shape index (κ3) is 3.90. The van der Waals surface area contributed by atoms with Gasteiger partial charge in [-0.2, -0.15) is 0 Å². The van der Waals surface area contributed by atoms with Gasteiger partial charge >= 0.3 is 5.97 Å². The second kappa shape index (κ2) is 8.22. The van der Waals surface area contributed by atoms with E-state index in [1.54, 1.807) is 17.9 Å². The maximum atomic E-state index is 12.8. The smallest absolute Gasteiger partial charge is 0.338 e. The van der Waals surface area contributed by atoms with E-state index in [0.29, 0.717) is 18.7 Å². The highest BCUT2D eigenvalue weighted by molar-refractivity contribution is 5.97. The zero-order valence-corrected chi connectivity index (χ0v) is 17.6. The first kappa shape index (κ1) is 20.0. The van der Waals surface area contributed by atoms with E-state index in [0.717, 1.165) is 40.9 Å². The normalized spacial score (nSPS) is 15.3. The van der Waals surface area contributed by atoms with Crippen LogP contribution in [-0.2, 0) is 9.53 Å². The van der Waals surface area contributed by atoms with Gasteiger partial charge in [0.05, 0.1) is 5.56 Å². The molecule has 4 rings (SSSR count). The fraction of sp³-hybridized carbons (Fsp3) is 0.333. The van der Waals surface area contributed by atoms with E-state index in [-0.39, 0.29) is 5.91 Å². The number of benzene rings is 2. The molecule has 2 heterocycles. The number of piperazine rings is 1. The molecule has 2 aromatic carbocycles. The van der Waals surface area contributed by atoms with Gasteiger partial charge in [-0.3, -0.25) is 4.79 Å². The Kier molecular flexibility index (Phi) is 5.48. The minimum Gasteiger partial charge on any atom is -0.449 e. The minimum absolute atomic E-state index is 0.147. The molecule has 1 atom stereocenters. The summed E-state index contributed by atoms with van der Waals surface area (Å²) in [6.07, 6.45) is -0.814. The molecule has 156 valence electrons. The summed E-state index contributed by atoms with van der Waals surface area (Å²) in [5.41, 5.74) is 4.80. The van der Waals surface area contributed by atoms with E-state index in [9.17, 15) is 9.59 Å². The van der Waals surface area contributed by atoms with Crippen molar-refractivity contribution in [1.29, 1.82) is 0 Å². The Bertz CT molecular complexity index is 1070. The molecule has 0 saturated carbocycles. The number of aromatic amines is 1. The van der Waals surface area contributed by atoms with Crippen LogP contribution < -0.4 is 4.90 Å². The monoisotopic (exact) mass is 405 g/mol. The van der Waals surface area contributed by atoms with Crippen LogP contribution in [-0.4, -0.2) is 54.0 Å². The molecule has 1 aromatic heterocycles. The van der Waals surface area contributed by atoms with Crippen molar-refractivity contribution in [2.75, 3.05) is 31.1 Å². The van der Waals surface area contributed by atoms with E-state index >= 15 is 0 Å². The third-order valence-corrected chi connectivity index (χ3v) is 5.89. The first-order valence-electron chi connectivity index (χ1n) is 10.3. The van der Waals surface area contributed by atoms with Crippen molar-refractivity contribution >= 4 is 28.5 Å². The van der Waals surface area contributed by atoms with Crippen LogP contribution in [0.5, 0.6) is 0 Å². The number of fused-ring (bicyclic) bond motifs is 1. The highest BCUT2D eigenvalue weighted by atomic mass is 16.5. The van der Waals surface area contributed by atoms with Gasteiger partial charge in [0.2, 0.25) is 0 Å². The average Bonchev–Trinajstić information content (AvgIpc) is 3.07. The predicted octanol–water partition coefficient (Wildman–Crippen LogP) is 3.68. The fourth-order valence-electron chi connectivity index (χ4n) is 3.95. The summed E-state index contributed by atoms with van der Waals surface area (Å²) in [5, 5.41) is 0.998. The van der Waals surface area contributed by atoms with Crippen molar-refractivity contribution in [2.45, 2.75) is 26.9 Å². The van der Waals surface area contributed by atoms with Crippen molar-refractivity contribution < 1.29 is 14.3 Å². The number of esters is 1. The lowest BCUT2D eigenvalue weighted by atomic mass is 10.1. The molecule has 1 unspecified atom stereocenters. The summed E-state index contributed by atoms with van der Waals surface area (Å²) in [7, 11) is 0. The van der Waals surface area contributed by atoms with Crippen molar-refractivity contribution in [1.82, 2.24) is 9.88 Å². The standard InChI is InChI=1S/C24H27N3O3/c1-16-17(2)25-22-10-9-19(15-21(16)22)24(29)30-18(3)23(28)27-13-11-26(12-14-27)20-7-5-4-6-8-20/h4-10,15,18,25H,11-14H2,1-3H3. The van der Waals surface area contributed by atoms with Gasteiger partial charge in [-0.15, -0.1) is 0 Å². The van der Waals surface area contributed by atoms with E-state index in [2.05, 4.69) is 22.0 Å². The lowest BCUT2D eigenvalue weighted by molar-refractivity contribution is -0.140. The molecule has 6 heteroatoms. The van der Waals surface area contributed by atoms with Crippen LogP contribution in [0.3, 0.4) is 0 Å². The lowest BCUT2D eigenvalue weighted by Gasteiger charge is -2.37. The first-order valence-corrected chi connectivity index (χ1v) is 10.3. The van der Waals surface area contributed by atoms with Crippen molar-refractivity contribution in [3.05, 3.63) is 65.4 Å². The molecule has 1 saturated heterocycles. The Hall–Kier alpha value is -3.28. The number of amides is 1. The number of carbonyl (C=O) groups excluding carboxylic acids is 2. The third-order valence-electron chi connectivity index (χ3n) is 5.89. The molecule has 6 nitrogen and oxygen atoms in total. The Balaban J connectivity index is 1.36. The number of rotatable bonds is 4. The lowest BCUT2D eigenvalue weighted by Crippen LogP contribution is -2.51. The fourth-order valence-corrected chi connectivity index (χ4v) is 3.95. The largest absolute Gasteiger partial charge is 0.449 e. The number of nitrogens with zero attached hydrogens (tertiary/aromatic N) is 2. The summed E-state index contributed by atoms with van der Waals surface area (Å²) in [4.78, 5) is 32.8. The Morgan fingerprint density at radius 1 is 1.00 bits per heavy atom. The summed E-state index contributed by atoms with van der Waals surface area (Å²) in [5.74, 6) is -0.621. The van der Waals surface area contributed by atoms with Crippen molar-refractivity contribution in [3.63, 3.8) is 0 Å². The van der Waals surface area contributed by atoms with Crippen LogP contribution in [0.15, 0.2) is 48.5 Å². The van der Waals surface area contributed by atoms with Crippen LogP contribution >= 0.6 is 0 Å².